The van der Waals surface area contributed by atoms with Crippen LogP contribution < -0.4 is 0 Å². The number of hydrogen-bond donors (Lipinski definition) is 0. The summed E-state index contributed by atoms with van der Waals surface area (Å²) in [5, 5.41) is 0. The molecule has 2 nitrogen and oxygen atoms in total. The van der Waals surface area contributed by atoms with Crippen molar-refractivity contribution in [2.24, 2.45) is 0 Å². The summed E-state index contributed by atoms with van der Waals surface area (Å²) in [6.45, 7) is 25.1. The number of hydrogen-bond acceptors (Lipinski definition) is 2. The third kappa shape index (κ3) is 6.35. The van der Waals surface area contributed by atoms with Gasteiger partial charge in [0.2, 0.25) is 0 Å². The van der Waals surface area contributed by atoms with Gasteiger partial charge in [-0.05, 0) is 0 Å². The number of nitrogens with zero attached hydrogens (tertiary/aromatic N) is 2. The van der Waals surface area contributed by atoms with Gasteiger partial charge in [0.1, 0.15) is 0 Å². The molecule has 0 N–H and O–H groups in total. The van der Waals surface area contributed by atoms with E-state index in [1.807, 2.05) is 0 Å². The molecule has 0 amide bonds. The SMILES string of the molecule is C[Si](C)[N]([Ge][N]([Si](C)(C)C)[Si](C)(C)C)[Si](C)C. The molecular weight excluding hydrogens is 333 g/mol. The summed E-state index contributed by atoms with van der Waals surface area (Å²) in [6.07, 6.45) is 0. The topological polar surface area (TPSA) is 6.48 Å². The van der Waals surface area contributed by atoms with Crippen molar-refractivity contribution in [3.8, 4) is 0 Å². The van der Waals surface area contributed by atoms with Crippen LogP contribution in [0.1, 0.15) is 0 Å². The monoisotopic (exact) mass is 364 g/mol. The minimum atomic E-state index is -1.14. The number of rotatable bonds is 6. The summed E-state index contributed by atoms with van der Waals surface area (Å²) in [5.41, 5.74) is 0. The molecule has 0 spiro atoms. The average Bonchev–Trinajstić information content (AvgIpc) is 1.96. The van der Waals surface area contributed by atoms with E-state index in [2.05, 4.69) is 71.8 Å². The van der Waals surface area contributed by atoms with E-state index < -0.39 is 16.5 Å². The van der Waals surface area contributed by atoms with Crippen LogP contribution in [0.4, 0.5) is 0 Å². The van der Waals surface area contributed by atoms with Crippen LogP contribution in [0.15, 0.2) is 0 Å². The first-order valence-corrected chi connectivity index (χ1v) is 20.0. The Labute approximate surface area is 122 Å². The molecule has 17 heavy (non-hydrogen) atoms. The Morgan fingerprint density at radius 1 is 0.706 bits per heavy atom. The molecule has 0 rings (SSSR count). The van der Waals surface area contributed by atoms with Crippen LogP contribution in [0.5, 0.6) is 0 Å². The predicted molar refractivity (Wildman–Crippen MR) is 91.1 cm³/mol. The fourth-order valence-electron chi connectivity index (χ4n) is 2.05. The molecular formula is C10H30GeN2Si4. The quantitative estimate of drug-likeness (QED) is 0.669. The first-order valence-electron chi connectivity index (χ1n) is 6.34. The van der Waals surface area contributed by atoms with Gasteiger partial charge in [0.05, 0.1) is 0 Å². The fourth-order valence-corrected chi connectivity index (χ4v) is 25.6. The van der Waals surface area contributed by atoms with E-state index in [1.165, 1.54) is 0 Å². The van der Waals surface area contributed by atoms with E-state index in [4.69, 9.17) is 0 Å². The zero-order chi connectivity index (χ0) is 14.0. The van der Waals surface area contributed by atoms with Gasteiger partial charge < -0.3 is 0 Å². The molecule has 0 heterocycles. The molecule has 0 bridgehead atoms. The van der Waals surface area contributed by atoms with Gasteiger partial charge in [-0.3, -0.25) is 0 Å². The van der Waals surface area contributed by atoms with Gasteiger partial charge >= 0.3 is 122 Å². The zero-order valence-electron chi connectivity index (χ0n) is 13.4. The van der Waals surface area contributed by atoms with Crippen molar-refractivity contribution in [1.29, 1.82) is 0 Å². The second-order valence-electron chi connectivity index (χ2n) is 7.01. The third-order valence-electron chi connectivity index (χ3n) is 2.44. The molecule has 100 valence electrons. The molecule has 0 aliphatic heterocycles. The normalized spacial score (nSPS) is 14.5. The molecule has 0 aromatic heterocycles. The summed E-state index contributed by atoms with van der Waals surface area (Å²) in [6, 6.07) is 0. The van der Waals surface area contributed by atoms with E-state index in [-0.39, 0.29) is 33.8 Å². The van der Waals surface area contributed by atoms with Crippen molar-refractivity contribution >= 4 is 50.3 Å². The molecule has 0 aliphatic rings. The molecule has 0 aliphatic carbocycles. The van der Waals surface area contributed by atoms with E-state index in [1.54, 1.807) is 0 Å². The molecule has 0 fully saturated rings. The van der Waals surface area contributed by atoms with Crippen molar-refractivity contribution in [2.75, 3.05) is 0 Å². The molecule has 0 aromatic rings. The van der Waals surface area contributed by atoms with Crippen molar-refractivity contribution < 1.29 is 0 Å². The summed E-state index contributed by atoms with van der Waals surface area (Å²) >= 11 is -0.0406. The van der Waals surface area contributed by atoms with Gasteiger partial charge in [-0.1, -0.05) is 0 Å². The van der Waals surface area contributed by atoms with E-state index in [0.717, 1.165) is 0 Å². The second kappa shape index (κ2) is 6.67. The fraction of sp³-hybridized carbons (Fsp3) is 1.00. The Balaban J connectivity index is 4.99. The van der Waals surface area contributed by atoms with Gasteiger partial charge in [0, 0.05) is 0 Å². The Kier molecular flexibility index (Phi) is 7.19. The Hall–Kier alpha value is 1.33. The maximum absolute atomic E-state index is 3.04. The summed E-state index contributed by atoms with van der Waals surface area (Å²) in [4.78, 5) is 0. The summed E-state index contributed by atoms with van der Waals surface area (Å²) < 4.78 is 5.99. The summed E-state index contributed by atoms with van der Waals surface area (Å²) in [5.74, 6) is 0. The molecule has 0 atom stereocenters. The standard InChI is InChI=1S/C10H30GeN2Si4/c1-14(2)12(15(3)4)11-13(16(5,6)7)17(8,9)10/h1-10H3. The van der Waals surface area contributed by atoms with E-state index in [0.29, 0.717) is 0 Å². The van der Waals surface area contributed by atoms with Gasteiger partial charge in [-0.25, -0.2) is 0 Å². The Morgan fingerprint density at radius 3 is 1.18 bits per heavy atom. The molecule has 0 saturated heterocycles. The molecule has 0 saturated carbocycles. The van der Waals surface area contributed by atoms with Gasteiger partial charge in [-0.15, -0.1) is 0 Å². The molecule has 4 radical (unpaired) electrons. The third-order valence-corrected chi connectivity index (χ3v) is 30.6. The van der Waals surface area contributed by atoms with Crippen LogP contribution in [0, 0.1) is 0 Å². The molecule has 0 unspecified atom stereocenters. The maximum atomic E-state index is 3.04. The predicted octanol–water partition coefficient (Wildman–Crippen LogP) is 3.30. The van der Waals surface area contributed by atoms with E-state index >= 15 is 0 Å². The minimum absolute atomic E-state index is 0.0406. The van der Waals surface area contributed by atoms with Crippen LogP contribution in [-0.4, -0.2) is 56.6 Å². The van der Waals surface area contributed by atoms with Crippen LogP contribution in [0.25, 0.3) is 0 Å². The Morgan fingerprint density at radius 2 is 1.00 bits per heavy atom. The Bertz CT molecular complexity index is 213. The van der Waals surface area contributed by atoms with Crippen LogP contribution in [-0.2, 0) is 0 Å². The summed E-state index contributed by atoms with van der Waals surface area (Å²) in [7, 11) is -2.77. The van der Waals surface area contributed by atoms with Crippen molar-refractivity contribution in [3.05, 3.63) is 0 Å². The van der Waals surface area contributed by atoms with Crippen molar-refractivity contribution in [2.45, 2.75) is 65.5 Å². The molecule has 7 heteroatoms. The average molecular weight is 363 g/mol. The van der Waals surface area contributed by atoms with Gasteiger partial charge in [0.25, 0.3) is 0 Å². The first kappa shape index (κ1) is 18.3. The zero-order valence-corrected chi connectivity index (χ0v) is 19.5. The van der Waals surface area contributed by atoms with Crippen molar-refractivity contribution in [3.63, 3.8) is 0 Å². The van der Waals surface area contributed by atoms with Crippen LogP contribution in [0.3, 0.4) is 0 Å². The van der Waals surface area contributed by atoms with Gasteiger partial charge in [-0.2, -0.15) is 0 Å². The van der Waals surface area contributed by atoms with Gasteiger partial charge in [0.15, 0.2) is 0 Å². The van der Waals surface area contributed by atoms with Crippen LogP contribution in [0.2, 0.25) is 65.5 Å². The van der Waals surface area contributed by atoms with E-state index in [9.17, 15) is 0 Å². The molecule has 0 aromatic carbocycles. The first-order chi connectivity index (χ1) is 7.37. The van der Waals surface area contributed by atoms with Crippen molar-refractivity contribution in [1.82, 2.24) is 6.38 Å². The van der Waals surface area contributed by atoms with Crippen LogP contribution >= 0.6 is 0 Å². The second-order valence-corrected chi connectivity index (χ2v) is 28.2.